The van der Waals surface area contributed by atoms with Gasteiger partial charge in [-0.3, -0.25) is 4.79 Å². The Morgan fingerprint density at radius 2 is 1.62 bits per heavy atom. The summed E-state index contributed by atoms with van der Waals surface area (Å²) in [6.07, 6.45) is 4.15. The normalized spacial score (nSPS) is 34.7. The molecule has 4 bridgehead atoms. The van der Waals surface area contributed by atoms with Gasteiger partial charge < -0.3 is 5.32 Å². The van der Waals surface area contributed by atoms with E-state index >= 15 is 0 Å². The standard InChI is InChI=1S/C22H27F3N2OS/c23-22(24,25)17-4-1-2-5-18(17)29-27-21(6-3-7-21)20(28)26-19-15-9-13-8-14(11-15)12-16(19)10-13/h1-2,4-5,13-16,19,27H,3,6-12H2,(H,26,28). The summed E-state index contributed by atoms with van der Waals surface area (Å²) >= 11 is 0.945. The smallest absolute Gasteiger partial charge is 0.351 e. The number of benzene rings is 1. The number of halogens is 3. The summed E-state index contributed by atoms with van der Waals surface area (Å²) in [7, 11) is 0. The molecule has 2 N–H and O–H groups in total. The molecular formula is C22H27F3N2OS. The summed E-state index contributed by atoms with van der Waals surface area (Å²) in [5.41, 5.74) is -1.41. The molecule has 0 saturated heterocycles. The van der Waals surface area contributed by atoms with Crippen molar-refractivity contribution in [2.45, 2.75) is 74.0 Å². The molecule has 0 aromatic heterocycles. The first-order valence-corrected chi connectivity index (χ1v) is 11.6. The van der Waals surface area contributed by atoms with Crippen LogP contribution in [0.25, 0.3) is 0 Å². The van der Waals surface area contributed by atoms with Crippen LogP contribution in [0.3, 0.4) is 0 Å². The summed E-state index contributed by atoms with van der Waals surface area (Å²) in [6.45, 7) is 0. The van der Waals surface area contributed by atoms with Gasteiger partial charge in [-0.1, -0.05) is 12.1 Å². The van der Waals surface area contributed by atoms with Gasteiger partial charge >= 0.3 is 6.18 Å². The molecule has 1 amide bonds. The monoisotopic (exact) mass is 424 g/mol. The van der Waals surface area contributed by atoms with Gasteiger partial charge in [0.25, 0.3) is 0 Å². The number of alkyl halides is 3. The maximum absolute atomic E-state index is 13.3. The van der Waals surface area contributed by atoms with Gasteiger partial charge in [0.15, 0.2) is 0 Å². The molecule has 3 nitrogen and oxygen atoms in total. The number of hydrogen-bond acceptors (Lipinski definition) is 3. The fourth-order valence-corrected chi connectivity index (χ4v) is 7.34. The van der Waals surface area contributed by atoms with Crippen LogP contribution in [0.2, 0.25) is 0 Å². The van der Waals surface area contributed by atoms with E-state index in [1.807, 2.05) is 0 Å². The zero-order valence-corrected chi connectivity index (χ0v) is 17.1. The molecule has 1 aromatic rings. The van der Waals surface area contributed by atoms with E-state index in [-0.39, 0.29) is 16.8 Å². The molecule has 5 saturated carbocycles. The van der Waals surface area contributed by atoms with Crippen molar-refractivity contribution in [3.63, 3.8) is 0 Å². The van der Waals surface area contributed by atoms with Crippen molar-refractivity contribution in [2.24, 2.45) is 23.7 Å². The Morgan fingerprint density at radius 3 is 2.17 bits per heavy atom. The summed E-state index contributed by atoms with van der Waals surface area (Å²) in [6, 6.07) is 5.79. The number of amides is 1. The van der Waals surface area contributed by atoms with Crippen molar-refractivity contribution < 1.29 is 18.0 Å². The second-order valence-electron chi connectivity index (χ2n) is 9.56. The fraction of sp³-hybridized carbons (Fsp3) is 0.682. The van der Waals surface area contributed by atoms with Crippen LogP contribution >= 0.6 is 11.9 Å². The molecule has 0 radical (unpaired) electrons. The number of carbonyl (C=O) groups is 1. The molecule has 0 aliphatic heterocycles. The molecule has 5 aliphatic carbocycles. The largest absolute Gasteiger partial charge is 0.417 e. The minimum Gasteiger partial charge on any atom is -0.351 e. The summed E-state index contributed by atoms with van der Waals surface area (Å²) < 4.78 is 43.0. The van der Waals surface area contributed by atoms with Gasteiger partial charge in [-0.25, -0.2) is 4.72 Å². The molecule has 0 atom stereocenters. The van der Waals surface area contributed by atoms with E-state index in [2.05, 4.69) is 10.0 Å². The van der Waals surface area contributed by atoms with Crippen LogP contribution in [-0.4, -0.2) is 17.5 Å². The highest BCUT2D eigenvalue weighted by Gasteiger charge is 2.51. The van der Waals surface area contributed by atoms with Crippen molar-refractivity contribution in [1.29, 1.82) is 0 Å². The molecule has 158 valence electrons. The molecule has 7 heteroatoms. The third-order valence-corrected chi connectivity index (χ3v) is 8.78. The summed E-state index contributed by atoms with van der Waals surface area (Å²) in [5, 5.41) is 3.35. The molecule has 5 fully saturated rings. The average molecular weight is 425 g/mol. The molecule has 6 rings (SSSR count). The second kappa shape index (κ2) is 7.19. The predicted octanol–water partition coefficient (Wildman–Crippen LogP) is 5.17. The minimum atomic E-state index is -4.40. The third-order valence-electron chi connectivity index (χ3n) is 7.72. The van der Waals surface area contributed by atoms with Gasteiger partial charge in [0.05, 0.1) is 5.56 Å². The quantitative estimate of drug-likeness (QED) is 0.641. The average Bonchev–Trinajstić information content (AvgIpc) is 2.63. The van der Waals surface area contributed by atoms with Gasteiger partial charge in [0.1, 0.15) is 5.54 Å². The highest BCUT2D eigenvalue weighted by molar-refractivity contribution is 7.97. The van der Waals surface area contributed by atoms with Gasteiger partial charge in [-0.15, -0.1) is 0 Å². The first kappa shape index (κ1) is 19.7. The number of nitrogens with one attached hydrogen (secondary N) is 2. The van der Waals surface area contributed by atoms with Crippen molar-refractivity contribution in [2.75, 3.05) is 0 Å². The van der Waals surface area contributed by atoms with E-state index in [0.29, 0.717) is 24.7 Å². The van der Waals surface area contributed by atoms with Gasteiger partial charge in [-0.05, 0) is 99.1 Å². The molecule has 5 aliphatic rings. The Balaban J connectivity index is 1.27. The third kappa shape index (κ3) is 3.58. The fourth-order valence-electron chi connectivity index (χ4n) is 6.30. The predicted molar refractivity (Wildman–Crippen MR) is 106 cm³/mol. The van der Waals surface area contributed by atoms with E-state index in [0.717, 1.165) is 36.3 Å². The Morgan fingerprint density at radius 1 is 1.00 bits per heavy atom. The van der Waals surface area contributed by atoms with Crippen LogP contribution in [0.15, 0.2) is 29.2 Å². The minimum absolute atomic E-state index is 0.0155. The lowest BCUT2D eigenvalue weighted by Gasteiger charge is -2.55. The van der Waals surface area contributed by atoms with Crippen molar-refractivity contribution in [3.05, 3.63) is 29.8 Å². The summed E-state index contributed by atoms with van der Waals surface area (Å²) in [5.74, 6) is 2.85. The lowest BCUT2D eigenvalue weighted by Crippen LogP contribution is -2.64. The Bertz CT molecular complexity index is 765. The van der Waals surface area contributed by atoms with E-state index in [1.165, 1.54) is 44.2 Å². The van der Waals surface area contributed by atoms with Crippen LogP contribution in [0.4, 0.5) is 13.2 Å². The second-order valence-corrected chi connectivity index (χ2v) is 10.4. The maximum atomic E-state index is 13.3. The lowest BCUT2D eigenvalue weighted by molar-refractivity contribution is -0.139. The van der Waals surface area contributed by atoms with Crippen LogP contribution in [0.5, 0.6) is 0 Å². The topological polar surface area (TPSA) is 41.1 Å². The van der Waals surface area contributed by atoms with E-state index in [4.69, 9.17) is 0 Å². The van der Waals surface area contributed by atoms with E-state index in [9.17, 15) is 18.0 Å². The Hall–Kier alpha value is -1.21. The van der Waals surface area contributed by atoms with Crippen LogP contribution < -0.4 is 10.0 Å². The Labute approximate surface area is 173 Å². The maximum Gasteiger partial charge on any atom is 0.417 e. The van der Waals surface area contributed by atoms with Crippen molar-refractivity contribution in [3.8, 4) is 0 Å². The van der Waals surface area contributed by atoms with Crippen molar-refractivity contribution >= 4 is 17.9 Å². The van der Waals surface area contributed by atoms with E-state index in [1.54, 1.807) is 6.07 Å². The zero-order valence-electron chi connectivity index (χ0n) is 16.3. The first-order chi connectivity index (χ1) is 13.8. The Kier molecular flexibility index (Phi) is 4.89. The number of carbonyl (C=O) groups excluding carboxylic acids is 1. The van der Waals surface area contributed by atoms with E-state index < -0.39 is 17.3 Å². The molecule has 1 aromatic carbocycles. The number of hydrogen-bond donors (Lipinski definition) is 2. The molecule has 0 heterocycles. The molecular weight excluding hydrogens is 397 g/mol. The zero-order chi connectivity index (χ0) is 20.2. The number of rotatable bonds is 5. The molecule has 0 spiro atoms. The molecule has 0 unspecified atom stereocenters. The van der Waals surface area contributed by atoms with Gasteiger partial charge in [-0.2, -0.15) is 13.2 Å². The van der Waals surface area contributed by atoms with Crippen LogP contribution in [0.1, 0.15) is 56.9 Å². The van der Waals surface area contributed by atoms with Gasteiger partial charge in [0, 0.05) is 10.9 Å². The van der Waals surface area contributed by atoms with Crippen LogP contribution in [-0.2, 0) is 11.0 Å². The van der Waals surface area contributed by atoms with Gasteiger partial charge in [0.2, 0.25) is 5.91 Å². The van der Waals surface area contributed by atoms with Crippen LogP contribution in [0, 0.1) is 23.7 Å². The van der Waals surface area contributed by atoms with Crippen molar-refractivity contribution in [1.82, 2.24) is 10.0 Å². The summed E-state index contributed by atoms with van der Waals surface area (Å²) in [4.78, 5) is 13.4. The first-order valence-electron chi connectivity index (χ1n) is 10.8. The highest BCUT2D eigenvalue weighted by Crippen LogP contribution is 2.54. The SMILES string of the molecule is O=C(NC1C2CC3CC(C2)CC1C3)C1(NSc2ccccc2C(F)(F)F)CCC1. The lowest BCUT2D eigenvalue weighted by atomic mass is 9.54. The molecule has 29 heavy (non-hydrogen) atoms. The highest BCUT2D eigenvalue weighted by atomic mass is 32.2.